The summed E-state index contributed by atoms with van der Waals surface area (Å²) < 4.78 is 0. The summed E-state index contributed by atoms with van der Waals surface area (Å²) in [5, 5.41) is 2.18. The highest BCUT2D eigenvalue weighted by atomic mass is 32.1. The van der Waals surface area contributed by atoms with E-state index in [-0.39, 0.29) is 0 Å². The first-order valence-electron chi connectivity index (χ1n) is 3.22. The third-order valence-electron chi connectivity index (χ3n) is 1.34. The second kappa shape index (κ2) is 3.76. The molecule has 1 rings (SSSR count). The van der Waals surface area contributed by atoms with Crippen LogP contribution in [-0.4, -0.2) is 11.1 Å². The number of isothiocyanates is 1. The lowest BCUT2D eigenvalue weighted by Gasteiger charge is -1.97. The number of carbonyl (C=O) groups is 1. The van der Waals surface area contributed by atoms with Crippen molar-refractivity contribution in [3.05, 3.63) is 29.8 Å². The first-order valence-corrected chi connectivity index (χ1v) is 3.63. The summed E-state index contributed by atoms with van der Waals surface area (Å²) in [5.74, 6) is -0.514. The van der Waals surface area contributed by atoms with Crippen molar-refractivity contribution in [2.24, 2.45) is 10.7 Å². The summed E-state index contributed by atoms with van der Waals surface area (Å²) >= 11 is 4.41. The standard InChI is InChI=1S/C8H6N2OS/c9-8(11)6-3-1-2-4-7(6)10-5-12/h1-4H,(H2,9,11). The molecule has 0 spiro atoms. The van der Waals surface area contributed by atoms with E-state index in [1.165, 1.54) is 0 Å². The zero-order chi connectivity index (χ0) is 8.97. The van der Waals surface area contributed by atoms with Crippen molar-refractivity contribution in [2.45, 2.75) is 0 Å². The van der Waals surface area contributed by atoms with Gasteiger partial charge in [-0.25, -0.2) is 0 Å². The Bertz CT molecular complexity index is 335. The average Bonchev–Trinajstić information content (AvgIpc) is 2.05. The van der Waals surface area contributed by atoms with E-state index in [1.807, 2.05) is 0 Å². The van der Waals surface area contributed by atoms with Crippen molar-refractivity contribution in [3.8, 4) is 0 Å². The van der Waals surface area contributed by atoms with E-state index in [1.54, 1.807) is 24.3 Å². The molecule has 2 N–H and O–H groups in total. The minimum absolute atomic E-state index is 0.356. The molecule has 0 saturated heterocycles. The van der Waals surface area contributed by atoms with Gasteiger partial charge in [-0.15, -0.1) is 0 Å². The second-order valence-corrected chi connectivity index (χ2v) is 2.27. The van der Waals surface area contributed by atoms with E-state index in [0.29, 0.717) is 11.3 Å². The van der Waals surface area contributed by atoms with Gasteiger partial charge in [-0.3, -0.25) is 4.79 Å². The molecule has 0 radical (unpaired) electrons. The third-order valence-corrected chi connectivity index (χ3v) is 1.43. The highest BCUT2D eigenvalue weighted by Gasteiger charge is 2.04. The van der Waals surface area contributed by atoms with E-state index in [4.69, 9.17) is 5.73 Å². The largest absolute Gasteiger partial charge is 0.366 e. The molecule has 1 amide bonds. The Morgan fingerprint density at radius 2 is 2.17 bits per heavy atom. The maximum Gasteiger partial charge on any atom is 0.250 e. The summed E-state index contributed by atoms with van der Waals surface area (Å²) in [6.45, 7) is 0. The van der Waals surface area contributed by atoms with Crippen LogP contribution in [0.4, 0.5) is 5.69 Å². The number of nitrogens with zero attached hydrogens (tertiary/aromatic N) is 1. The van der Waals surface area contributed by atoms with E-state index in [9.17, 15) is 4.79 Å². The number of primary amides is 1. The van der Waals surface area contributed by atoms with Gasteiger partial charge in [0.15, 0.2) is 0 Å². The van der Waals surface area contributed by atoms with Crippen molar-refractivity contribution < 1.29 is 4.79 Å². The molecule has 0 bridgehead atoms. The van der Waals surface area contributed by atoms with Crippen LogP contribution in [-0.2, 0) is 0 Å². The smallest absolute Gasteiger partial charge is 0.250 e. The zero-order valence-corrected chi connectivity index (χ0v) is 6.97. The van der Waals surface area contributed by atoms with Crippen molar-refractivity contribution in [2.75, 3.05) is 0 Å². The maximum absolute atomic E-state index is 10.8. The fourth-order valence-corrected chi connectivity index (χ4v) is 0.927. The fourth-order valence-electron chi connectivity index (χ4n) is 0.829. The summed E-state index contributed by atoms with van der Waals surface area (Å²) in [4.78, 5) is 14.5. The van der Waals surface area contributed by atoms with Crippen LogP contribution in [0, 0.1) is 0 Å². The van der Waals surface area contributed by atoms with Gasteiger partial charge in [0.1, 0.15) is 0 Å². The monoisotopic (exact) mass is 178 g/mol. The van der Waals surface area contributed by atoms with Crippen LogP contribution in [0.3, 0.4) is 0 Å². The maximum atomic E-state index is 10.8. The van der Waals surface area contributed by atoms with Crippen molar-refractivity contribution >= 4 is 29.0 Å². The lowest BCUT2D eigenvalue weighted by molar-refractivity contribution is 0.100. The molecule has 0 unspecified atom stereocenters. The molecule has 0 aliphatic carbocycles. The fraction of sp³-hybridized carbons (Fsp3) is 0. The molecule has 4 heteroatoms. The van der Waals surface area contributed by atoms with Gasteiger partial charge >= 0.3 is 0 Å². The number of para-hydroxylation sites is 1. The van der Waals surface area contributed by atoms with Crippen LogP contribution in [0.25, 0.3) is 0 Å². The van der Waals surface area contributed by atoms with Gasteiger partial charge in [-0.2, -0.15) is 4.99 Å². The molecule has 3 nitrogen and oxygen atoms in total. The Balaban J connectivity index is 3.26. The number of nitrogens with two attached hydrogens (primary N) is 1. The molecule has 0 atom stereocenters. The molecule has 1 aromatic carbocycles. The highest BCUT2D eigenvalue weighted by Crippen LogP contribution is 2.16. The van der Waals surface area contributed by atoms with E-state index < -0.39 is 5.91 Å². The normalized spacial score (nSPS) is 8.67. The summed E-state index contributed by atoms with van der Waals surface area (Å²) in [5.41, 5.74) is 5.90. The van der Waals surface area contributed by atoms with Crippen molar-refractivity contribution in [1.29, 1.82) is 0 Å². The van der Waals surface area contributed by atoms with Crippen molar-refractivity contribution in [3.63, 3.8) is 0 Å². The van der Waals surface area contributed by atoms with Gasteiger partial charge in [-0.05, 0) is 24.4 Å². The molecule has 0 fully saturated rings. The predicted molar refractivity (Wildman–Crippen MR) is 49.6 cm³/mol. The summed E-state index contributed by atoms with van der Waals surface area (Å²) in [6, 6.07) is 6.70. The van der Waals surface area contributed by atoms with Crippen LogP contribution >= 0.6 is 12.2 Å². The Kier molecular flexibility index (Phi) is 2.69. The first kappa shape index (κ1) is 8.59. The van der Waals surface area contributed by atoms with Gasteiger partial charge in [0.25, 0.3) is 5.91 Å². The van der Waals surface area contributed by atoms with E-state index >= 15 is 0 Å². The lowest BCUT2D eigenvalue weighted by Crippen LogP contribution is -2.10. The lowest BCUT2D eigenvalue weighted by atomic mass is 10.2. The molecule has 0 saturated carbocycles. The topological polar surface area (TPSA) is 55.5 Å². The SMILES string of the molecule is NC(=O)c1ccccc1N=C=S. The molecule has 0 aliphatic heterocycles. The highest BCUT2D eigenvalue weighted by molar-refractivity contribution is 7.78. The number of thiocarbonyl (C=S) groups is 1. The van der Waals surface area contributed by atoms with E-state index in [0.717, 1.165) is 0 Å². The van der Waals surface area contributed by atoms with Crippen LogP contribution in [0.2, 0.25) is 0 Å². The summed E-state index contributed by atoms with van der Waals surface area (Å²) in [6.07, 6.45) is 0. The molecule has 0 aliphatic rings. The zero-order valence-electron chi connectivity index (χ0n) is 6.15. The molecular formula is C8H6N2OS. The van der Waals surface area contributed by atoms with Crippen molar-refractivity contribution in [1.82, 2.24) is 0 Å². The first-order chi connectivity index (χ1) is 5.75. The molecule has 1 aromatic rings. The molecule has 12 heavy (non-hydrogen) atoms. The minimum Gasteiger partial charge on any atom is -0.366 e. The minimum atomic E-state index is -0.514. The van der Waals surface area contributed by atoms with Crippen LogP contribution in [0.1, 0.15) is 10.4 Å². The Hall–Kier alpha value is -1.51. The quantitative estimate of drug-likeness (QED) is 0.551. The van der Waals surface area contributed by atoms with Gasteiger partial charge in [0.2, 0.25) is 0 Å². The summed E-state index contributed by atoms with van der Waals surface area (Å²) in [7, 11) is 0. The van der Waals surface area contributed by atoms with Crippen LogP contribution < -0.4 is 5.73 Å². The third kappa shape index (κ3) is 1.75. The Morgan fingerprint density at radius 1 is 1.50 bits per heavy atom. The average molecular weight is 178 g/mol. The number of hydrogen-bond acceptors (Lipinski definition) is 3. The number of hydrogen-bond donors (Lipinski definition) is 1. The number of benzene rings is 1. The van der Waals surface area contributed by atoms with Gasteiger partial charge in [-0.1, -0.05) is 12.1 Å². The molecule has 0 heterocycles. The van der Waals surface area contributed by atoms with Gasteiger partial charge < -0.3 is 5.73 Å². The predicted octanol–water partition coefficient (Wildman–Crippen LogP) is 1.52. The number of amides is 1. The molecular weight excluding hydrogens is 172 g/mol. The van der Waals surface area contributed by atoms with Crippen LogP contribution in [0.5, 0.6) is 0 Å². The number of rotatable bonds is 2. The Labute approximate surface area is 74.9 Å². The Morgan fingerprint density at radius 3 is 2.75 bits per heavy atom. The number of aliphatic imine (C=N–C) groups is 1. The van der Waals surface area contributed by atoms with Gasteiger partial charge in [0, 0.05) is 0 Å². The van der Waals surface area contributed by atoms with Gasteiger partial charge in [0.05, 0.1) is 16.4 Å². The van der Waals surface area contributed by atoms with E-state index in [2.05, 4.69) is 22.4 Å². The molecule has 60 valence electrons. The molecule has 0 aromatic heterocycles. The van der Waals surface area contributed by atoms with Crippen LogP contribution in [0.15, 0.2) is 29.3 Å². The number of carbonyl (C=O) groups excluding carboxylic acids is 1. The second-order valence-electron chi connectivity index (χ2n) is 2.08.